The van der Waals surface area contributed by atoms with Crippen molar-refractivity contribution in [3.8, 4) is 0 Å². The Morgan fingerprint density at radius 3 is 1.01 bits per heavy atom. The second-order valence-electron chi connectivity index (χ2n) is 22.3. The van der Waals surface area contributed by atoms with Gasteiger partial charge in [-0.3, -0.25) is 18.6 Å². The molecule has 0 aromatic rings. The highest BCUT2D eigenvalue weighted by Gasteiger charge is 2.26. The summed E-state index contributed by atoms with van der Waals surface area (Å²) < 4.78 is 33.1. The first-order valence-corrected chi connectivity index (χ1v) is 34.5. The summed E-state index contributed by atoms with van der Waals surface area (Å²) >= 11 is 0. The smallest absolute Gasteiger partial charge is 0.462 e. The summed E-state index contributed by atoms with van der Waals surface area (Å²) in [4.78, 5) is 35.3. The van der Waals surface area contributed by atoms with Crippen LogP contribution in [0.5, 0.6) is 0 Å². The molecule has 0 heterocycles. The van der Waals surface area contributed by atoms with Crippen molar-refractivity contribution in [3.05, 3.63) is 36.5 Å². The molecule has 0 spiro atoms. The van der Waals surface area contributed by atoms with E-state index in [1.165, 1.54) is 257 Å². The van der Waals surface area contributed by atoms with Gasteiger partial charge >= 0.3 is 19.8 Å². The van der Waals surface area contributed by atoms with Crippen LogP contribution in [0, 0.1) is 0 Å². The maximum atomic E-state index is 12.7. The number of allylic oxidation sites excluding steroid dienone is 6. The Morgan fingerprint density at radius 1 is 0.395 bits per heavy atom. The molecule has 0 radical (unpaired) electrons. The zero-order valence-corrected chi connectivity index (χ0v) is 51.2. The molecule has 448 valence electrons. The van der Waals surface area contributed by atoms with Crippen LogP contribution < -0.4 is 5.73 Å². The van der Waals surface area contributed by atoms with E-state index in [0.29, 0.717) is 6.42 Å². The lowest BCUT2D eigenvalue weighted by atomic mass is 10.0. The molecule has 2 atom stereocenters. The molecule has 0 aromatic carbocycles. The molecule has 0 rings (SSSR count). The Morgan fingerprint density at radius 2 is 0.684 bits per heavy atom. The Balaban J connectivity index is 3.87. The molecular formula is C66H126NO8P. The van der Waals surface area contributed by atoms with Gasteiger partial charge in [-0.05, 0) is 51.4 Å². The topological polar surface area (TPSA) is 134 Å². The Hall–Kier alpha value is -1.77. The number of phosphoric ester groups is 1. The molecule has 0 aliphatic rings. The number of nitrogens with two attached hydrogens (primary N) is 1. The van der Waals surface area contributed by atoms with E-state index in [0.717, 1.165) is 51.4 Å². The number of carbonyl (C=O) groups excluding carboxylic acids is 2. The molecule has 0 aliphatic heterocycles. The number of esters is 2. The van der Waals surface area contributed by atoms with E-state index >= 15 is 0 Å². The van der Waals surface area contributed by atoms with Crippen LogP contribution >= 0.6 is 7.82 Å². The highest BCUT2D eigenvalue weighted by Crippen LogP contribution is 2.43. The predicted octanol–water partition coefficient (Wildman–Crippen LogP) is 21.1. The summed E-state index contributed by atoms with van der Waals surface area (Å²) in [5.41, 5.74) is 5.40. The summed E-state index contributed by atoms with van der Waals surface area (Å²) in [6, 6.07) is 0. The zero-order chi connectivity index (χ0) is 55.2. The molecule has 0 aliphatic carbocycles. The van der Waals surface area contributed by atoms with E-state index in [1.54, 1.807) is 0 Å². The van der Waals surface area contributed by atoms with E-state index in [1.807, 2.05) is 0 Å². The van der Waals surface area contributed by atoms with E-state index in [-0.39, 0.29) is 38.6 Å². The molecule has 0 saturated heterocycles. The van der Waals surface area contributed by atoms with Crippen molar-refractivity contribution in [1.82, 2.24) is 0 Å². The molecule has 10 heteroatoms. The third kappa shape index (κ3) is 61.4. The first-order chi connectivity index (χ1) is 37.3. The highest BCUT2D eigenvalue weighted by atomic mass is 31.2. The fourth-order valence-corrected chi connectivity index (χ4v) is 10.6. The van der Waals surface area contributed by atoms with Crippen LogP contribution in [0.3, 0.4) is 0 Å². The van der Waals surface area contributed by atoms with Gasteiger partial charge < -0.3 is 20.1 Å². The molecule has 0 aromatic heterocycles. The minimum absolute atomic E-state index is 0.0553. The minimum atomic E-state index is -4.39. The first kappa shape index (κ1) is 74.2. The summed E-state index contributed by atoms with van der Waals surface area (Å²) in [6.45, 7) is 3.80. The van der Waals surface area contributed by atoms with Gasteiger partial charge in [-0.25, -0.2) is 4.57 Å². The number of rotatable bonds is 63. The number of ether oxygens (including phenoxy) is 2. The normalized spacial score (nSPS) is 13.2. The molecule has 2 unspecified atom stereocenters. The summed E-state index contributed by atoms with van der Waals surface area (Å²) in [6.07, 6.45) is 76.5. The van der Waals surface area contributed by atoms with Gasteiger partial charge in [0.25, 0.3) is 0 Å². The van der Waals surface area contributed by atoms with Gasteiger partial charge in [0.15, 0.2) is 6.10 Å². The van der Waals surface area contributed by atoms with E-state index in [4.69, 9.17) is 24.3 Å². The van der Waals surface area contributed by atoms with Crippen molar-refractivity contribution in [3.63, 3.8) is 0 Å². The van der Waals surface area contributed by atoms with Gasteiger partial charge in [-0.2, -0.15) is 0 Å². The van der Waals surface area contributed by atoms with Crippen LogP contribution in [-0.2, 0) is 32.7 Å². The van der Waals surface area contributed by atoms with Crippen LogP contribution in [0.15, 0.2) is 36.5 Å². The molecule has 0 fully saturated rings. The van der Waals surface area contributed by atoms with Crippen LogP contribution in [0.4, 0.5) is 0 Å². The quantitative estimate of drug-likeness (QED) is 0.0264. The van der Waals surface area contributed by atoms with Crippen molar-refractivity contribution < 1.29 is 37.6 Å². The largest absolute Gasteiger partial charge is 0.472 e. The van der Waals surface area contributed by atoms with Gasteiger partial charge in [0.1, 0.15) is 6.61 Å². The summed E-state index contributed by atoms with van der Waals surface area (Å²) in [5.74, 6) is -0.809. The van der Waals surface area contributed by atoms with Crippen LogP contribution in [-0.4, -0.2) is 49.3 Å². The van der Waals surface area contributed by atoms with Crippen molar-refractivity contribution >= 4 is 19.8 Å². The highest BCUT2D eigenvalue weighted by molar-refractivity contribution is 7.47. The molecule has 9 nitrogen and oxygen atoms in total. The second kappa shape index (κ2) is 62.4. The number of hydrogen-bond acceptors (Lipinski definition) is 8. The van der Waals surface area contributed by atoms with Crippen LogP contribution in [0.2, 0.25) is 0 Å². The summed E-state index contributed by atoms with van der Waals surface area (Å²) in [7, 11) is -4.39. The fraction of sp³-hybridized carbons (Fsp3) is 0.879. The van der Waals surface area contributed by atoms with Gasteiger partial charge in [-0.1, -0.05) is 314 Å². The van der Waals surface area contributed by atoms with Crippen molar-refractivity contribution in [1.29, 1.82) is 0 Å². The number of unbranched alkanes of at least 4 members (excludes halogenated alkanes) is 44. The maximum absolute atomic E-state index is 12.7. The van der Waals surface area contributed by atoms with E-state index in [2.05, 4.69) is 50.3 Å². The zero-order valence-electron chi connectivity index (χ0n) is 50.3. The van der Waals surface area contributed by atoms with Gasteiger partial charge in [0.05, 0.1) is 13.2 Å². The lowest BCUT2D eigenvalue weighted by Crippen LogP contribution is -2.29. The molecule has 0 saturated carbocycles. The lowest BCUT2D eigenvalue weighted by molar-refractivity contribution is -0.161. The van der Waals surface area contributed by atoms with Crippen molar-refractivity contribution in [2.24, 2.45) is 5.73 Å². The lowest BCUT2D eigenvalue weighted by Gasteiger charge is -2.19. The summed E-state index contributed by atoms with van der Waals surface area (Å²) in [5, 5.41) is 0. The van der Waals surface area contributed by atoms with E-state index in [9.17, 15) is 19.0 Å². The molecule has 3 N–H and O–H groups in total. The minimum Gasteiger partial charge on any atom is -0.462 e. The number of hydrogen-bond donors (Lipinski definition) is 2. The second-order valence-corrected chi connectivity index (χ2v) is 23.8. The van der Waals surface area contributed by atoms with Gasteiger partial charge in [-0.15, -0.1) is 0 Å². The number of carbonyl (C=O) groups is 2. The van der Waals surface area contributed by atoms with E-state index < -0.39 is 26.5 Å². The molecular weight excluding hydrogens is 966 g/mol. The molecule has 0 amide bonds. The average molecular weight is 1090 g/mol. The van der Waals surface area contributed by atoms with Gasteiger partial charge in [0.2, 0.25) is 0 Å². The average Bonchev–Trinajstić information content (AvgIpc) is 3.41. The third-order valence-electron chi connectivity index (χ3n) is 14.8. The standard InChI is InChI=1S/C66H126NO8P/c1-3-5-7-9-11-13-15-17-19-21-23-25-27-29-31-32-33-35-37-39-41-43-45-47-49-51-53-55-57-59-66(69)75-64(63-74-76(70,71)73-61-60-67)62-72-65(68)58-56-54-52-50-48-46-44-42-40-38-36-34-30-28-26-24-22-20-18-16-14-12-10-8-6-4-2/h15,17,21,23,27,29,64H,3-14,16,18-20,22,24-26,28,30-63,67H2,1-2H3,(H,70,71)/b17-15-,23-21-,29-27-. The Labute approximate surface area is 471 Å². The van der Waals surface area contributed by atoms with Crippen LogP contribution in [0.25, 0.3) is 0 Å². The Bertz CT molecular complexity index is 1340. The molecule has 76 heavy (non-hydrogen) atoms. The first-order valence-electron chi connectivity index (χ1n) is 33.0. The monoisotopic (exact) mass is 1090 g/mol. The fourth-order valence-electron chi connectivity index (χ4n) is 9.88. The molecule has 0 bridgehead atoms. The third-order valence-corrected chi connectivity index (χ3v) is 15.8. The van der Waals surface area contributed by atoms with Crippen molar-refractivity contribution in [2.75, 3.05) is 26.4 Å². The van der Waals surface area contributed by atoms with Crippen molar-refractivity contribution in [2.45, 2.75) is 347 Å². The maximum Gasteiger partial charge on any atom is 0.472 e. The number of phosphoric acid groups is 1. The van der Waals surface area contributed by atoms with Crippen LogP contribution in [0.1, 0.15) is 341 Å². The SMILES string of the molecule is CCCCCCC/C=C\C/C=C\C/C=C\CCCCCCCCCCCCCCCCC(=O)OC(COC(=O)CCCCCCCCCCCCCCCCCCCCCCCCCCCC)COP(=O)(O)OCCN. The predicted molar refractivity (Wildman–Crippen MR) is 326 cm³/mol. The Kier molecular flexibility index (Phi) is 61.0. The van der Waals surface area contributed by atoms with Gasteiger partial charge in [0, 0.05) is 19.4 Å².